The van der Waals surface area contributed by atoms with Gasteiger partial charge in [-0.15, -0.1) is 0 Å². The molecule has 1 atom stereocenters. The van der Waals surface area contributed by atoms with Crippen LogP contribution in [-0.2, 0) is 14.3 Å². The number of hydrogen-bond acceptors (Lipinski definition) is 5. The van der Waals surface area contributed by atoms with E-state index in [4.69, 9.17) is 9.47 Å². The normalized spacial score (nSPS) is 17.0. The minimum absolute atomic E-state index is 0.150. The Labute approximate surface area is 147 Å². The van der Waals surface area contributed by atoms with Crippen molar-refractivity contribution in [3.05, 3.63) is 29.8 Å². The number of piperazine rings is 1. The molecule has 7 heteroatoms. The van der Waals surface area contributed by atoms with Gasteiger partial charge >= 0.3 is 5.97 Å². The largest absolute Gasteiger partial charge is 0.494 e. The third-order valence-corrected chi connectivity index (χ3v) is 3.83. The molecule has 7 nitrogen and oxygen atoms in total. The molecule has 1 N–H and O–H groups in total. The molecule has 0 aliphatic carbocycles. The maximum atomic E-state index is 12.8. The van der Waals surface area contributed by atoms with Gasteiger partial charge in [0.25, 0.3) is 5.91 Å². The van der Waals surface area contributed by atoms with E-state index < -0.39 is 12.0 Å². The zero-order valence-corrected chi connectivity index (χ0v) is 14.6. The Hall–Kier alpha value is -2.57. The minimum atomic E-state index is -0.851. The van der Waals surface area contributed by atoms with Gasteiger partial charge in [0.05, 0.1) is 19.6 Å². The summed E-state index contributed by atoms with van der Waals surface area (Å²) in [6.45, 7) is 5.28. The van der Waals surface area contributed by atoms with Crippen LogP contribution < -0.4 is 10.1 Å². The van der Waals surface area contributed by atoms with Crippen LogP contribution in [0.4, 0.5) is 0 Å². The highest BCUT2D eigenvalue weighted by Gasteiger charge is 2.35. The zero-order chi connectivity index (χ0) is 18.2. The molecule has 0 unspecified atom stereocenters. The Morgan fingerprint density at radius 3 is 2.60 bits per heavy atom. The first kappa shape index (κ1) is 18.8. The Morgan fingerprint density at radius 2 is 1.96 bits per heavy atom. The first-order valence-corrected chi connectivity index (χ1v) is 8.54. The summed E-state index contributed by atoms with van der Waals surface area (Å²) in [6, 6.07) is 5.94. The summed E-state index contributed by atoms with van der Waals surface area (Å²) >= 11 is 0. The van der Waals surface area contributed by atoms with Gasteiger partial charge in [0.2, 0.25) is 5.91 Å². The van der Waals surface area contributed by atoms with Crippen molar-refractivity contribution in [3.8, 4) is 5.75 Å². The lowest BCUT2D eigenvalue weighted by Crippen LogP contribution is -2.57. The first-order valence-electron chi connectivity index (χ1n) is 8.54. The van der Waals surface area contributed by atoms with Crippen LogP contribution >= 0.6 is 0 Å². The lowest BCUT2D eigenvalue weighted by molar-refractivity contribution is -0.147. The maximum absolute atomic E-state index is 12.8. The summed E-state index contributed by atoms with van der Waals surface area (Å²) in [5.41, 5.74) is 0.451. The molecule has 1 heterocycles. The minimum Gasteiger partial charge on any atom is -0.494 e. The Morgan fingerprint density at radius 1 is 1.24 bits per heavy atom. The molecule has 2 amide bonds. The Balaban J connectivity index is 2.11. The summed E-state index contributed by atoms with van der Waals surface area (Å²) in [4.78, 5) is 38.1. The molecule has 25 heavy (non-hydrogen) atoms. The molecule has 0 spiro atoms. The van der Waals surface area contributed by atoms with Crippen LogP contribution in [0.15, 0.2) is 24.3 Å². The van der Waals surface area contributed by atoms with Crippen molar-refractivity contribution in [2.24, 2.45) is 0 Å². The van der Waals surface area contributed by atoms with Crippen molar-refractivity contribution < 1.29 is 23.9 Å². The van der Waals surface area contributed by atoms with Crippen molar-refractivity contribution in [2.45, 2.75) is 32.7 Å². The van der Waals surface area contributed by atoms with E-state index >= 15 is 0 Å². The van der Waals surface area contributed by atoms with Crippen molar-refractivity contribution in [2.75, 3.05) is 26.3 Å². The molecule has 2 rings (SSSR count). The van der Waals surface area contributed by atoms with Crippen LogP contribution in [0.5, 0.6) is 5.75 Å². The smallest absolute Gasteiger partial charge is 0.308 e. The van der Waals surface area contributed by atoms with Crippen molar-refractivity contribution >= 4 is 17.8 Å². The van der Waals surface area contributed by atoms with E-state index in [9.17, 15) is 14.4 Å². The van der Waals surface area contributed by atoms with Crippen LogP contribution in [0.3, 0.4) is 0 Å². The van der Waals surface area contributed by atoms with Gasteiger partial charge in [-0.05, 0) is 37.6 Å². The number of carbonyl (C=O) groups is 3. The van der Waals surface area contributed by atoms with Gasteiger partial charge < -0.3 is 19.7 Å². The molecule has 1 aliphatic rings. The summed E-state index contributed by atoms with van der Waals surface area (Å²) in [5, 5.41) is 2.69. The second-order valence-electron chi connectivity index (χ2n) is 5.69. The van der Waals surface area contributed by atoms with Crippen LogP contribution in [0, 0.1) is 0 Å². The number of amides is 2. The standard InChI is InChI=1S/C18H24N2O5/c1-3-11-25-14-7-5-13(6-8-14)18(23)20-10-9-19-17(22)15(20)12-16(21)24-4-2/h5-8,15H,3-4,9-12H2,1-2H3,(H,19,22)/t15-/m0/s1. The van der Waals surface area contributed by atoms with Crippen LogP contribution in [0.25, 0.3) is 0 Å². The maximum Gasteiger partial charge on any atom is 0.308 e. The number of rotatable bonds is 7. The van der Waals surface area contributed by atoms with E-state index in [1.54, 1.807) is 31.2 Å². The van der Waals surface area contributed by atoms with Crippen LogP contribution in [0.1, 0.15) is 37.0 Å². The molecule has 1 aliphatic heterocycles. The third kappa shape index (κ3) is 4.95. The molecule has 1 saturated heterocycles. The van der Waals surface area contributed by atoms with E-state index in [1.165, 1.54) is 4.90 Å². The topological polar surface area (TPSA) is 84.9 Å². The second-order valence-corrected chi connectivity index (χ2v) is 5.69. The molecule has 1 aromatic carbocycles. The number of esters is 1. The summed E-state index contributed by atoms with van der Waals surface area (Å²) in [6.07, 6.45) is 0.752. The highest BCUT2D eigenvalue weighted by atomic mass is 16.5. The molecule has 0 bridgehead atoms. The summed E-state index contributed by atoms with van der Waals surface area (Å²) in [5.74, 6) is -0.426. The van der Waals surface area contributed by atoms with Gasteiger partial charge in [-0.25, -0.2) is 0 Å². The fourth-order valence-corrected chi connectivity index (χ4v) is 2.62. The number of ether oxygens (including phenoxy) is 2. The summed E-state index contributed by atoms with van der Waals surface area (Å²) < 4.78 is 10.4. The Bertz CT molecular complexity index is 614. The Kier molecular flexibility index (Phi) is 6.80. The molecule has 136 valence electrons. The van der Waals surface area contributed by atoms with Gasteiger partial charge in [-0.3, -0.25) is 14.4 Å². The predicted molar refractivity (Wildman–Crippen MR) is 91.3 cm³/mol. The van der Waals surface area contributed by atoms with Gasteiger partial charge in [-0.2, -0.15) is 0 Å². The molecule has 0 saturated carbocycles. The lowest BCUT2D eigenvalue weighted by Gasteiger charge is -2.34. The van der Waals surface area contributed by atoms with E-state index in [1.807, 2.05) is 6.92 Å². The van der Waals surface area contributed by atoms with Gasteiger partial charge in [-0.1, -0.05) is 6.92 Å². The fraction of sp³-hybridized carbons (Fsp3) is 0.500. The predicted octanol–water partition coefficient (Wildman–Crippen LogP) is 1.37. The molecule has 0 aromatic heterocycles. The lowest BCUT2D eigenvalue weighted by atomic mass is 10.1. The quantitative estimate of drug-likeness (QED) is 0.752. The molecular weight excluding hydrogens is 324 g/mol. The van der Waals surface area contributed by atoms with E-state index in [-0.39, 0.29) is 24.8 Å². The number of benzene rings is 1. The van der Waals surface area contributed by atoms with Crippen LogP contribution in [0.2, 0.25) is 0 Å². The highest BCUT2D eigenvalue weighted by Crippen LogP contribution is 2.18. The molecular formula is C18H24N2O5. The summed E-state index contributed by atoms with van der Waals surface area (Å²) in [7, 11) is 0. The molecule has 0 radical (unpaired) electrons. The highest BCUT2D eigenvalue weighted by molar-refractivity contribution is 5.99. The second kappa shape index (κ2) is 9.05. The average molecular weight is 348 g/mol. The van der Waals surface area contributed by atoms with Crippen molar-refractivity contribution in [1.29, 1.82) is 0 Å². The van der Waals surface area contributed by atoms with Crippen LogP contribution in [-0.4, -0.2) is 55.0 Å². The fourth-order valence-electron chi connectivity index (χ4n) is 2.62. The van der Waals surface area contributed by atoms with E-state index in [2.05, 4.69) is 5.32 Å². The molecule has 1 aromatic rings. The number of nitrogens with one attached hydrogen (secondary N) is 1. The zero-order valence-electron chi connectivity index (χ0n) is 14.6. The van der Waals surface area contributed by atoms with Crippen molar-refractivity contribution in [3.63, 3.8) is 0 Å². The van der Waals surface area contributed by atoms with Crippen molar-refractivity contribution in [1.82, 2.24) is 10.2 Å². The van der Waals surface area contributed by atoms with E-state index in [0.717, 1.165) is 6.42 Å². The number of hydrogen-bond donors (Lipinski definition) is 1. The van der Waals surface area contributed by atoms with E-state index in [0.29, 0.717) is 31.0 Å². The number of carbonyl (C=O) groups excluding carboxylic acids is 3. The van der Waals surface area contributed by atoms with Gasteiger partial charge in [0.15, 0.2) is 0 Å². The number of nitrogens with zero attached hydrogens (tertiary/aromatic N) is 1. The van der Waals surface area contributed by atoms with Gasteiger partial charge in [0, 0.05) is 18.7 Å². The van der Waals surface area contributed by atoms with Gasteiger partial charge in [0.1, 0.15) is 11.8 Å². The monoisotopic (exact) mass is 348 g/mol. The molecule has 1 fully saturated rings. The average Bonchev–Trinajstić information content (AvgIpc) is 2.62. The third-order valence-electron chi connectivity index (χ3n) is 3.83. The SMILES string of the molecule is CCCOc1ccc(C(=O)N2CCNC(=O)[C@@H]2CC(=O)OCC)cc1. The first-order chi connectivity index (χ1) is 12.1.